The highest BCUT2D eigenvalue weighted by molar-refractivity contribution is 7.98. The van der Waals surface area contributed by atoms with Crippen LogP contribution in [0, 0.1) is 0 Å². The number of nitrogens with one attached hydrogen (secondary N) is 1. The molecule has 0 aliphatic rings. The number of anilines is 1. The zero-order valence-corrected chi connectivity index (χ0v) is 16.6. The largest absolute Gasteiger partial charge is 0.467 e. The van der Waals surface area contributed by atoms with Crippen LogP contribution in [-0.2, 0) is 6.54 Å². The van der Waals surface area contributed by atoms with Gasteiger partial charge in [0.05, 0.1) is 18.8 Å². The molecule has 25 heavy (non-hydrogen) atoms. The third-order valence-electron chi connectivity index (χ3n) is 3.91. The number of thioether (sulfide) groups is 1. The van der Waals surface area contributed by atoms with Crippen LogP contribution in [0.3, 0.4) is 0 Å². The van der Waals surface area contributed by atoms with Crippen molar-refractivity contribution in [2.75, 3.05) is 11.6 Å². The molecule has 0 amide bonds. The van der Waals surface area contributed by atoms with Crippen LogP contribution in [0.1, 0.15) is 23.6 Å². The van der Waals surface area contributed by atoms with E-state index in [9.17, 15) is 0 Å². The fourth-order valence-corrected chi connectivity index (χ4v) is 4.13. The molecular formula is C19H20N2OS3. The summed E-state index contributed by atoms with van der Waals surface area (Å²) in [5.74, 6) is 0.894. The van der Waals surface area contributed by atoms with Gasteiger partial charge in [0.2, 0.25) is 0 Å². The van der Waals surface area contributed by atoms with E-state index in [-0.39, 0.29) is 6.04 Å². The van der Waals surface area contributed by atoms with Gasteiger partial charge in [0.1, 0.15) is 5.76 Å². The number of furan rings is 1. The summed E-state index contributed by atoms with van der Waals surface area (Å²) in [6, 6.07) is 16.5. The Labute approximate surface area is 162 Å². The fourth-order valence-electron chi connectivity index (χ4n) is 2.53. The van der Waals surface area contributed by atoms with E-state index in [0.29, 0.717) is 11.7 Å². The van der Waals surface area contributed by atoms with E-state index in [2.05, 4.69) is 53.0 Å². The standard InChI is InChI=1S/C19H20N2OS3/c1-14(18-9-5-11-25-18)21(13-16-7-4-10-22-16)19(23)20-15-6-3-8-17(12-15)24-2/h3-12,14H,13H2,1-2H3,(H,20,23). The van der Waals surface area contributed by atoms with E-state index in [1.807, 2.05) is 24.3 Å². The lowest BCUT2D eigenvalue weighted by Gasteiger charge is -2.30. The number of rotatable bonds is 6. The van der Waals surface area contributed by atoms with Gasteiger partial charge in [-0.1, -0.05) is 12.1 Å². The fraction of sp³-hybridized carbons (Fsp3) is 0.211. The van der Waals surface area contributed by atoms with Crippen LogP contribution >= 0.6 is 35.3 Å². The number of thiocarbonyl (C=S) groups is 1. The molecule has 0 saturated carbocycles. The number of nitrogens with zero attached hydrogens (tertiary/aromatic N) is 1. The third kappa shape index (κ3) is 4.66. The average Bonchev–Trinajstić information content (AvgIpc) is 3.33. The zero-order valence-electron chi connectivity index (χ0n) is 14.1. The van der Waals surface area contributed by atoms with Crippen LogP contribution in [0.4, 0.5) is 5.69 Å². The molecule has 0 bridgehead atoms. The van der Waals surface area contributed by atoms with Crippen molar-refractivity contribution in [3.63, 3.8) is 0 Å². The SMILES string of the molecule is CSc1cccc(NC(=S)N(Cc2ccco2)C(C)c2cccs2)c1. The van der Waals surface area contributed by atoms with Gasteiger partial charge in [0, 0.05) is 15.5 Å². The molecule has 1 aromatic carbocycles. The molecule has 6 heteroatoms. The van der Waals surface area contributed by atoms with Crippen molar-refractivity contribution in [1.29, 1.82) is 0 Å². The molecule has 3 aromatic rings. The minimum atomic E-state index is 0.161. The smallest absolute Gasteiger partial charge is 0.174 e. The first-order chi connectivity index (χ1) is 12.2. The number of hydrogen-bond acceptors (Lipinski definition) is 4. The normalized spacial score (nSPS) is 11.9. The first-order valence-corrected chi connectivity index (χ1v) is 10.5. The maximum Gasteiger partial charge on any atom is 0.174 e. The summed E-state index contributed by atoms with van der Waals surface area (Å²) in [6.07, 6.45) is 3.77. The summed E-state index contributed by atoms with van der Waals surface area (Å²) in [7, 11) is 0. The molecule has 2 aromatic heterocycles. The summed E-state index contributed by atoms with van der Waals surface area (Å²) < 4.78 is 5.54. The lowest BCUT2D eigenvalue weighted by atomic mass is 10.2. The van der Waals surface area contributed by atoms with Crippen molar-refractivity contribution in [3.8, 4) is 0 Å². The van der Waals surface area contributed by atoms with Crippen molar-refractivity contribution < 1.29 is 4.42 Å². The number of hydrogen-bond donors (Lipinski definition) is 1. The predicted molar refractivity (Wildman–Crippen MR) is 111 cm³/mol. The average molecular weight is 389 g/mol. The summed E-state index contributed by atoms with van der Waals surface area (Å²) in [5.41, 5.74) is 1.000. The van der Waals surface area contributed by atoms with Gasteiger partial charge in [-0.3, -0.25) is 0 Å². The van der Waals surface area contributed by atoms with Crippen molar-refractivity contribution in [1.82, 2.24) is 4.90 Å². The highest BCUT2D eigenvalue weighted by atomic mass is 32.2. The monoisotopic (exact) mass is 388 g/mol. The molecule has 2 heterocycles. The topological polar surface area (TPSA) is 28.4 Å². The molecule has 1 N–H and O–H groups in total. The van der Waals surface area contributed by atoms with E-state index >= 15 is 0 Å². The Hall–Kier alpha value is -1.76. The van der Waals surface area contributed by atoms with Gasteiger partial charge in [-0.15, -0.1) is 23.1 Å². The molecule has 3 rings (SSSR count). The van der Waals surface area contributed by atoms with Crippen LogP contribution < -0.4 is 5.32 Å². The predicted octanol–water partition coefficient (Wildman–Crippen LogP) is 6.02. The van der Waals surface area contributed by atoms with E-state index < -0.39 is 0 Å². The van der Waals surface area contributed by atoms with Crippen molar-refractivity contribution in [2.24, 2.45) is 0 Å². The molecular weight excluding hydrogens is 368 g/mol. The van der Waals surface area contributed by atoms with Gasteiger partial charge < -0.3 is 14.6 Å². The Bertz CT molecular complexity index is 800. The highest BCUT2D eigenvalue weighted by Crippen LogP contribution is 2.28. The summed E-state index contributed by atoms with van der Waals surface area (Å²) >= 11 is 9.19. The number of benzene rings is 1. The van der Waals surface area contributed by atoms with Crippen molar-refractivity contribution in [2.45, 2.75) is 24.4 Å². The van der Waals surface area contributed by atoms with Crippen molar-refractivity contribution in [3.05, 3.63) is 70.8 Å². The minimum Gasteiger partial charge on any atom is -0.467 e. The number of thiophene rings is 1. The lowest BCUT2D eigenvalue weighted by molar-refractivity contribution is 0.306. The highest BCUT2D eigenvalue weighted by Gasteiger charge is 2.21. The summed E-state index contributed by atoms with van der Waals surface area (Å²) in [4.78, 5) is 4.64. The third-order valence-corrected chi connectivity index (χ3v) is 6.02. The molecule has 0 fully saturated rings. The van der Waals surface area contributed by atoms with Crippen LogP contribution in [0.2, 0.25) is 0 Å². The van der Waals surface area contributed by atoms with Crippen LogP contribution in [0.15, 0.2) is 69.5 Å². The van der Waals surface area contributed by atoms with Crippen LogP contribution in [0.5, 0.6) is 0 Å². The minimum absolute atomic E-state index is 0.161. The maximum atomic E-state index is 5.73. The lowest BCUT2D eigenvalue weighted by Crippen LogP contribution is -2.36. The molecule has 1 unspecified atom stereocenters. The molecule has 1 atom stereocenters. The molecule has 3 nitrogen and oxygen atoms in total. The van der Waals surface area contributed by atoms with Gasteiger partial charge in [0.25, 0.3) is 0 Å². The van der Waals surface area contributed by atoms with Gasteiger partial charge in [-0.05, 0) is 67.2 Å². The van der Waals surface area contributed by atoms with Gasteiger partial charge in [-0.2, -0.15) is 0 Å². The van der Waals surface area contributed by atoms with Crippen LogP contribution in [-0.4, -0.2) is 16.3 Å². The van der Waals surface area contributed by atoms with Gasteiger partial charge in [-0.25, -0.2) is 0 Å². The van der Waals surface area contributed by atoms with Gasteiger partial charge in [0.15, 0.2) is 5.11 Å². The first-order valence-electron chi connectivity index (χ1n) is 7.95. The molecule has 0 aliphatic carbocycles. The quantitative estimate of drug-likeness (QED) is 0.412. The summed E-state index contributed by atoms with van der Waals surface area (Å²) in [6.45, 7) is 2.79. The second kappa shape index (κ2) is 8.56. The Morgan fingerprint density at radius 1 is 1.28 bits per heavy atom. The molecule has 0 radical (unpaired) electrons. The Morgan fingerprint density at radius 3 is 2.84 bits per heavy atom. The Balaban J connectivity index is 1.80. The zero-order chi connectivity index (χ0) is 17.6. The van der Waals surface area contributed by atoms with Crippen LogP contribution in [0.25, 0.3) is 0 Å². The maximum absolute atomic E-state index is 5.73. The molecule has 0 spiro atoms. The molecule has 130 valence electrons. The second-order valence-corrected chi connectivity index (χ2v) is 7.81. The van der Waals surface area contributed by atoms with Crippen molar-refractivity contribution >= 4 is 46.1 Å². The van der Waals surface area contributed by atoms with E-state index in [0.717, 1.165) is 11.4 Å². The molecule has 0 saturated heterocycles. The second-order valence-electron chi connectivity index (χ2n) is 5.56. The summed E-state index contributed by atoms with van der Waals surface area (Å²) in [5, 5.41) is 6.16. The molecule has 0 aliphatic heterocycles. The first kappa shape index (κ1) is 18.0. The van der Waals surface area contributed by atoms with E-state index in [4.69, 9.17) is 16.6 Å². The Kier molecular flexibility index (Phi) is 6.18. The van der Waals surface area contributed by atoms with E-state index in [1.54, 1.807) is 29.4 Å². The Morgan fingerprint density at radius 2 is 2.16 bits per heavy atom. The van der Waals surface area contributed by atoms with E-state index in [1.165, 1.54) is 9.77 Å². The van der Waals surface area contributed by atoms with Gasteiger partial charge >= 0.3 is 0 Å².